The lowest BCUT2D eigenvalue weighted by atomic mass is 10.2. The Morgan fingerprint density at radius 3 is 2.71 bits per heavy atom. The fraction of sp³-hybridized carbons (Fsp3) is 0.133. The summed E-state index contributed by atoms with van der Waals surface area (Å²) in [5.74, 6) is -0.0468. The van der Waals surface area contributed by atoms with Crippen molar-refractivity contribution in [3.8, 4) is 6.07 Å². The van der Waals surface area contributed by atoms with E-state index in [-0.39, 0.29) is 17.1 Å². The molecule has 0 spiro atoms. The summed E-state index contributed by atoms with van der Waals surface area (Å²) in [6, 6.07) is 7.29. The number of alkyl halides is 3. The molecule has 24 heavy (non-hydrogen) atoms. The first-order valence-electron chi connectivity index (χ1n) is 6.58. The minimum atomic E-state index is -4.53. The van der Waals surface area contributed by atoms with E-state index < -0.39 is 17.6 Å². The van der Waals surface area contributed by atoms with E-state index in [1.807, 2.05) is 0 Å². The van der Waals surface area contributed by atoms with E-state index in [2.05, 4.69) is 15.8 Å². The van der Waals surface area contributed by atoms with Crippen molar-refractivity contribution < 1.29 is 22.5 Å². The molecule has 1 aromatic heterocycles. The van der Waals surface area contributed by atoms with E-state index in [0.717, 1.165) is 24.4 Å². The molecule has 124 valence electrons. The third-order valence-corrected chi connectivity index (χ3v) is 2.81. The van der Waals surface area contributed by atoms with Gasteiger partial charge in [-0.3, -0.25) is 4.79 Å². The van der Waals surface area contributed by atoms with Crippen LogP contribution in [0.2, 0.25) is 0 Å². The number of nitrogens with one attached hydrogen (secondary N) is 2. The quantitative estimate of drug-likeness (QED) is 0.659. The minimum absolute atomic E-state index is 0.0757. The molecule has 6 nitrogen and oxygen atoms in total. The molecule has 0 fully saturated rings. The van der Waals surface area contributed by atoms with Crippen LogP contribution in [-0.4, -0.2) is 11.1 Å². The Labute approximate surface area is 134 Å². The zero-order valence-corrected chi connectivity index (χ0v) is 12.3. The van der Waals surface area contributed by atoms with Gasteiger partial charge in [0.2, 0.25) is 0 Å². The maximum absolute atomic E-state index is 12.6. The molecule has 0 aliphatic rings. The molecule has 0 saturated heterocycles. The highest BCUT2D eigenvalue weighted by Gasteiger charge is 2.30. The number of aromatic nitrogens is 1. The molecule has 0 aliphatic heterocycles. The fourth-order valence-electron chi connectivity index (χ4n) is 1.70. The monoisotopic (exact) mass is 336 g/mol. The second kappa shape index (κ2) is 6.87. The Bertz CT molecular complexity index is 819. The van der Waals surface area contributed by atoms with Crippen LogP contribution in [0.5, 0.6) is 0 Å². The first-order valence-corrected chi connectivity index (χ1v) is 6.58. The summed E-state index contributed by atoms with van der Waals surface area (Å²) < 4.78 is 42.7. The van der Waals surface area contributed by atoms with Crippen LogP contribution in [0.3, 0.4) is 0 Å². The van der Waals surface area contributed by atoms with E-state index in [1.165, 1.54) is 12.1 Å². The van der Waals surface area contributed by atoms with Gasteiger partial charge in [-0.05, 0) is 25.1 Å². The molecule has 1 amide bonds. The summed E-state index contributed by atoms with van der Waals surface area (Å²) in [4.78, 5) is 12.0. The van der Waals surface area contributed by atoms with Crippen molar-refractivity contribution in [1.29, 1.82) is 5.26 Å². The number of anilines is 2. The summed E-state index contributed by atoms with van der Waals surface area (Å²) in [7, 11) is 0. The Hall–Kier alpha value is -3.28. The Morgan fingerprint density at radius 2 is 2.12 bits per heavy atom. The van der Waals surface area contributed by atoms with Gasteiger partial charge >= 0.3 is 6.18 Å². The number of nitriles is 1. The van der Waals surface area contributed by atoms with Crippen LogP contribution in [0.4, 0.5) is 24.7 Å². The van der Waals surface area contributed by atoms with Gasteiger partial charge in [0.25, 0.3) is 5.91 Å². The molecule has 2 rings (SSSR count). The first-order chi connectivity index (χ1) is 11.3. The number of rotatable bonds is 4. The molecule has 1 heterocycles. The van der Waals surface area contributed by atoms with Crippen LogP contribution in [0, 0.1) is 18.3 Å². The van der Waals surface area contributed by atoms with Crippen molar-refractivity contribution in [3.63, 3.8) is 0 Å². The van der Waals surface area contributed by atoms with Crippen molar-refractivity contribution in [2.24, 2.45) is 0 Å². The van der Waals surface area contributed by atoms with Gasteiger partial charge in [0, 0.05) is 18.0 Å². The van der Waals surface area contributed by atoms with Gasteiger partial charge in [0.05, 0.1) is 5.56 Å². The molecular formula is C15H11F3N4O2. The molecule has 0 saturated carbocycles. The minimum Gasteiger partial charge on any atom is -0.360 e. The largest absolute Gasteiger partial charge is 0.416 e. The standard InChI is InChI=1S/C15H11F3N4O2/c1-9-5-13(22-24-9)20-8-10(7-19)14(23)21-12-4-2-3-11(6-12)15(16,17)18/h2-6,8H,1H3,(H,20,22)(H,21,23)/b10-8-. The van der Waals surface area contributed by atoms with E-state index in [0.29, 0.717) is 5.76 Å². The second-order valence-corrected chi connectivity index (χ2v) is 4.67. The van der Waals surface area contributed by atoms with Crippen molar-refractivity contribution in [2.45, 2.75) is 13.1 Å². The number of halogens is 3. The van der Waals surface area contributed by atoms with Crippen LogP contribution < -0.4 is 10.6 Å². The fourth-order valence-corrected chi connectivity index (χ4v) is 1.70. The smallest absolute Gasteiger partial charge is 0.360 e. The number of amides is 1. The molecule has 0 radical (unpaired) electrons. The van der Waals surface area contributed by atoms with Crippen molar-refractivity contribution in [1.82, 2.24) is 5.16 Å². The number of hydrogen-bond donors (Lipinski definition) is 2. The van der Waals surface area contributed by atoms with Gasteiger partial charge in [-0.25, -0.2) is 0 Å². The highest BCUT2D eigenvalue weighted by molar-refractivity contribution is 6.06. The lowest BCUT2D eigenvalue weighted by molar-refractivity contribution is -0.137. The number of nitrogens with zero attached hydrogens (tertiary/aromatic N) is 2. The van der Waals surface area contributed by atoms with Gasteiger partial charge in [-0.15, -0.1) is 0 Å². The number of aryl methyl sites for hydroxylation is 1. The van der Waals surface area contributed by atoms with Gasteiger partial charge in [0.15, 0.2) is 5.82 Å². The molecule has 0 atom stereocenters. The summed E-state index contributed by atoms with van der Waals surface area (Å²) >= 11 is 0. The lowest BCUT2D eigenvalue weighted by Crippen LogP contribution is -2.15. The van der Waals surface area contributed by atoms with Crippen molar-refractivity contribution in [3.05, 3.63) is 53.4 Å². The molecule has 0 bridgehead atoms. The van der Waals surface area contributed by atoms with Gasteiger partial charge in [-0.2, -0.15) is 18.4 Å². The van der Waals surface area contributed by atoms with Crippen LogP contribution in [-0.2, 0) is 11.0 Å². The van der Waals surface area contributed by atoms with E-state index in [4.69, 9.17) is 9.78 Å². The van der Waals surface area contributed by atoms with Crippen molar-refractivity contribution >= 4 is 17.4 Å². The Kier molecular flexibility index (Phi) is 4.89. The predicted molar refractivity (Wildman–Crippen MR) is 78.6 cm³/mol. The summed E-state index contributed by atoms with van der Waals surface area (Å²) in [5, 5.41) is 17.4. The van der Waals surface area contributed by atoms with E-state index in [1.54, 1.807) is 13.0 Å². The van der Waals surface area contributed by atoms with Gasteiger partial charge < -0.3 is 15.2 Å². The number of benzene rings is 1. The zero-order valence-electron chi connectivity index (χ0n) is 12.3. The van der Waals surface area contributed by atoms with Gasteiger partial charge in [0.1, 0.15) is 17.4 Å². The van der Waals surface area contributed by atoms with Crippen LogP contribution in [0.1, 0.15) is 11.3 Å². The van der Waals surface area contributed by atoms with Crippen molar-refractivity contribution in [2.75, 3.05) is 10.6 Å². The van der Waals surface area contributed by atoms with Crippen LogP contribution >= 0.6 is 0 Å². The molecule has 2 aromatic rings. The number of hydrogen-bond acceptors (Lipinski definition) is 5. The molecule has 1 aromatic carbocycles. The van der Waals surface area contributed by atoms with E-state index in [9.17, 15) is 18.0 Å². The topological polar surface area (TPSA) is 91.0 Å². The van der Waals surface area contributed by atoms with Crippen LogP contribution in [0.15, 0.2) is 46.6 Å². The maximum Gasteiger partial charge on any atom is 0.416 e. The third-order valence-electron chi connectivity index (χ3n) is 2.81. The maximum atomic E-state index is 12.6. The van der Waals surface area contributed by atoms with Gasteiger partial charge in [-0.1, -0.05) is 11.2 Å². The summed E-state index contributed by atoms with van der Waals surface area (Å²) in [5.41, 5.74) is -1.32. The Balaban J connectivity index is 2.11. The average molecular weight is 336 g/mol. The number of carbonyl (C=O) groups excluding carboxylic acids is 1. The summed E-state index contributed by atoms with van der Waals surface area (Å²) in [6.07, 6.45) is -3.44. The third kappa shape index (κ3) is 4.36. The molecular weight excluding hydrogens is 325 g/mol. The van der Waals surface area contributed by atoms with E-state index >= 15 is 0 Å². The molecule has 9 heteroatoms. The Morgan fingerprint density at radius 1 is 1.38 bits per heavy atom. The lowest BCUT2D eigenvalue weighted by Gasteiger charge is -2.09. The number of carbonyl (C=O) groups is 1. The molecule has 0 aliphatic carbocycles. The summed E-state index contributed by atoms with van der Waals surface area (Å²) in [6.45, 7) is 1.66. The van der Waals surface area contributed by atoms with Crippen LogP contribution in [0.25, 0.3) is 0 Å². The second-order valence-electron chi connectivity index (χ2n) is 4.67. The first kappa shape index (κ1) is 17.1. The molecule has 0 unspecified atom stereocenters. The highest BCUT2D eigenvalue weighted by Crippen LogP contribution is 2.30. The molecule has 2 N–H and O–H groups in total. The SMILES string of the molecule is Cc1cc(N/C=C(/C#N)C(=O)Nc2cccc(C(F)(F)F)c2)no1. The zero-order chi connectivity index (χ0) is 17.7. The highest BCUT2D eigenvalue weighted by atomic mass is 19.4. The average Bonchev–Trinajstić information content (AvgIpc) is 2.93. The predicted octanol–water partition coefficient (Wildman–Crippen LogP) is 3.46. The normalized spacial score (nSPS) is 11.7.